The summed E-state index contributed by atoms with van der Waals surface area (Å²) >= 11 is 0. The largest absolute Gasteiger partial charge is 0.497 e. The number of hydrogen-bond acceptors (Lipinski definition) is 5. The van der Waals surface area contributed by atoms with Gasteiger partial charge < -0.3 is 14.2 Å². The number of hydrogen-bond donors (Lipinski definition) is 0. The first kappa shape index (κ1) is 17.3. The lowest BCUT2D eigenvalue weighted by atomic mass is 10.1. The quantitative estimate of drug-likeness (QED) is 0.696. The van der Waals surface area contributed by atoms with Crippen LogP contribution in [0.1, 0.15) is 23.1 Å². The van der Waals surface area contributed by atoms with E-state index >= 15 is 0 Å². The zero-order chi connectivity index (χ0) is 17.2. The van der Waals surface area contributed by atoms with Crippen molar-refractivity contribution < 1.29 is 14.2 Å². The van der Waals surface area contributed by atoms with Crippen LogP contribution in [0.3, 0.4) is 0 Å². The fraction of sp³-hybridized carbons (Fsp3) is 0.263. The molecule has 0 unspecified atom stereocenters. The fourth-order valence-electron chi connectivity index (χ4n) is 2.11. The molecular weight excluding hydrogens is 304 g/mol. The van der Waals surface area contributed by atoms with Crippen molar-refractivity contribution in [3.05, 3.63) is 59.2 Å². The van der Waals surface area contributed by atoms with Crippen LogP contribution in [-0.2, 0) is 11.3 Å². The molecule has 0 bridgehead atoms. The van der Waals surface area contributed by atoms with Gasteiger partial charge in [-0.2, -0.15) is 10.5 Å². The summed E-state index contributed by atoms with van der Waals surface area (Å²) in [7, 11) is 1.63. The van der Waals surface area contributed by atoms with Crippen LogP contribution in [0.2, 0.25) is 0 Å². The molecule has 2 aromatic carbocycles. The number of methoxy groups -OCH3 is 1. The van der Waals surface area contributed by atoms with Crippen LogP contribution < -0.4 is 9.47 Å². The van der Waals surface area contributed by atoms with Crippen LogP contribution in [0.25, 0.3) is 0 Å². The lowest BCUT2D eigenvalue weighted by molar-refractivity contribution is 0.107. The molecule has 122 valence electrons. The summed E-state index contributed by atoms with van der Waals surface area (Å²) in [6.45, 7) is 1.50. The first-order chi connectivity index (χ1) is 11.8. The SMILES string of the molecule is COc1ccc(COCCCOc2cccc(C#N)c2C#N)cc1. The van der Waals surface area contributed by atoms with Gasteiger partial charge in [0, 0.05) is 6.42 Å². The van der Waals surface area contributed by atoms with Crippen molar-refractivity contribution in [2.75, 3.05) is 20.3 Å². The molecule has 24 heavy (non-hydrogen) atoms. The van der Waals surface area contributed by atoms with Crippen molar-refractivity contribution in [2.24, 2.45) is 0 Å². The Morgan fingerprint density at radius 2 is 1.75 bits per heavy atom. The predicted molar refractivity (Wildman–Crippen MR) is 88.6 cm³/mol. The predicted octanol–water partition coefficient (Wildman–Crippen LogP) is 3.42. The highest BCUT2D eigenvalue weighted by atomic mass is 16.5. The minimum Gasteiger partial charge on any atom is -0.497 e. The Bertz CT molecular complexity index is 743. The molecule has 0 saturated heterocycles. The summed E-state index contributed by atoms with van der Waals surface area (Å²) in [5.74, 6) is 1.26. The maximum Gasteiger partial charge on any atom is 0.138 e. The summed E-state index contributed by atoms with van der Waals surface area (Å²) in [5, 5.41) is 18.1. The first-order valence-electron chi connectivity index (χ1n) is 7.55. The van der Waals surface area contributed by atoms with Crippen molar-refractivity contribution in [3.8, 4) is 23.6 Å². The second-order valence-electron chi connectivity index (χ2n) is 5.00. The molecule has 0 radical (unpaired) electrons. The molecule has 0 amide bonds. The maximum atomic E-state index is 9.12. The van der Waals surface area contributed by atoms with Gasteiger partial charge in [0.2, 0.25) is 0 Å². The van der Waals surface area contributed by atoms with Gasteiger partial charge >= 0.3 is 0 Å². The van der Waals surface area contributed by atoms with Crippen LogP contribution in [0, 0.1) is 22.7 Å². The molecule has 0 aliphatic heterocycles. The molecule has 2 rings (SSSR count). The summed E-state index contributed by atoms with van der Waals surface area (Å²) in [6, 6.07) is 16.7. The van der Waals surface area contributed by atoms with Gasteiger partial charge in [0.15, 0.2) is 0 Å². The highest BCUT2D eigenvalue weighted by molar-refractivity contribution is 5.53. The molecule has 5 heteroatoms. The van der Waals surface area contributed by atoms with Crippen molar-refractivity contribution >= 4 is 0 Å². The third-order valence-corrected chi connectivity index (χ3v) is 3.38. The summed E-state index contributed by atoms with van der Waals surface area (Å²) in [5.41, 5.74) is 1.68. The highest BCUT2D eigenvalue weighted by Crippen LogP contribution is 2.21. The molecule has 0 aliphatic carbocycles. The van der Waals surface area contributed by atoms with Crippen molar-refractivity contribution in [3.63, 3.8) is 0 Å². The Hall–Kier alpha value is -3.02. The minimum absolute atomic E-state index is 0.277. The van der Waals surface area contributed by atoms with Crippen LogP contribution in [0.4, 0.5) is 0 Å². The Kier molecular flexibility index (Phi) is 6.64. The maximum absolute atomic E-state index is 9.12. The van der Waals surface area contributed by atoms with E-state index < -0.39 is 0 Å². The van der Waals surface area contributed by atoms with E-state index in [1.165, 1.54) is 0 Å². The third kappa shape index (κ3) is 4.74. The van der Waals surface area contributed by atoms with E-state index in [0.717, 1.165) is 11.3 Å². The standard InChI is InChI=1S/C19H18N2O3/c1-22-17-8-6-15(7-9-17)14-23-10-3-11-24-19-5-2-4-16(12-20)18(19)13-21/h2,4-9H,3,10-11,14H2,1H3. The lowest BCUT2D eigenvalue weighted by Gasteiger charge is -2.09. The zero-order valence-electron chi connectivity index (χ0n) is 13.5. The van der Waals surface area contributed by atoms with Gasteiger partial charge in [-0.1, -0.05) is 18.2 Å². The van der Waals surface area contributed by atoms with Gasteiger partial charge in [-0.3, -0.25) is 0 Å². The van der Waals surface area contributed by atoms with E-state index in [0.29, 0.717) is 37.6 Å². The fourth-order valence-corrected chi connectivity index (χ4v) is 2.11. The molecular formula is C19H18N2O3. The molecule has 0 heterocycles. The Balaban J connectivity index is 1.72. The third-order valence-electron chi connectivity index (χ3n) is 3.38. The Labute approximate surface area is 141 Å². The average Bonchev–Trinajstić information content (AvgIpc) is 2.64. The summed E-state index contributed by atoms with van der Waals surface area (Å²) in [6.07, 6.45) is 0.692. The van der Waals surface area contributed by atoms with Crippen molar-refractivity contribution in [2.45, 2.75) is 13.0 Å². The Morgan fingerprint density at radius 1 is 0.958 bits per heavy atom. The van der Waals surface area contributed by atoms with Gasteiger partial charge in [-0.15, -0.1) is 0 Å². The molecule has 0 atom stereocenters. The summed E-state index contributed by atoms with van der Waals surface area (Å²) < 4.78 is 16.3. The van der Waals surface area contributed by atoms with Crippen LogP contribution in [0.15, 0.2) is 42.5 Å². The molecule has 0 saturated carbocycles. The molecule has 0 aromatic heterocycles. The van der Waals surface area contributed by atoms with E-state index in [4.69, 9.17) is 24.7 Å². The smallest absolute Gasteiger partial charge is 0.138 e. The van der Waals surface area contributed by atoms with Crippen molar-refractivity contribution in [1.82, 2.24) is 0 Å². The first-order valence-corrected chi connectivity index (χ1v) is 7.55. The number of benzene rings is 2. The molecule has 5 nitrogen and oxygen atoms in total. The van der Waals surface area contributed by atoms with E-state index in [1.54, 1.807) is 25.3 Å². The van der Waals surface area contributed by atoms with E-state index in [2.05, 4.69) is 0 Å². The Morgan fingerprint density at radius 3 is 2.42 bits per heavy atom. The molecule has 2 aromatic rings. The molecule has 0 N–H and O–H groups in total. The van der Waals surface area contributed by atoms with Crippen molar-refractivity contribution in [1.29, 1.82) is 10.5 Å². The van der Waals surface area contributed by atoms with Gasteiger partial charge in [0.1, 0.15) is 29.2 Å². The summed E-state index contributed by atoms with van der Waals surface area (Å²) in [4.78, 5) is 0. The zero-order valence-corrected chi connectivity index (χ0v) is 13.5. The van der Waals surface area contributed by atoms with E-state index in [1.807, 2.05) is 36.4 Å². The van der Waals surface area contributed by atoms with Gasteiger partial charge in [0.05, 0.1) is 32.5 Å². The van der Waals surface area contributed by atoms with Crippen LogP contribution in [0.5, 0.6) is 11.5 Å². The normalized spacial score (nSPS) is 9.79. The van der Waals surface area contributed by atoms with Crippen LogP contribution in [-0.4, -0.2) is 20.3 Å². The number of rotatable bonds is 8. The highest BCUT2D eigenvalue weighted by Gasteiger charge is 2.08. The van der Waals surface area contributed by atoms with E-state index in [-0.39, 0.29) is 5.56 Å². The lowest BCUT2D eigenvalue weighted by Crippen LogP contribution is -2.04. The number of nitriles is 2. The second-order valence-corrected chi connectivity index (χ2v) is 5.00. The topological polar surface area (TPSA) is 75.3 Å². The molecule has 0 fully saturated rings. The van der Waals surface area contributed by atoms with E-state index in [9.17, 15) is 0 Å². The number of nitrogens with zero attached hydrogens (tertiary/aromatic N) is 2. The second kappa shape index (κ2) is 9.19. The monoisotopic (exact) mass is 322 g/mol. The molecule has 0 aliphatic rings. The van der Waals surface area contributed by atoms with Gasteiger partial charge in [-0.25, -0.2) is 0 Å². The van der Waals surface area contributed by atoms with Crippen LogP contribution >= 0.6 is 0 Å². The minimum atomic E-state index is 0.277. The average molecular weight is 322 g/mol. The van der Waals surface area contributed by atoms with Gasteiger partial charge in [-0.05, 0) is 29.8 Å². The number of ether oxygens (including phenoxy) is 3. The van der Waals surface area contributed by atoms with Gasteiger partial charge in [0.25, 0.3) is 0 Å². The molecule has 0 spiro atoms.